The van der Waals surface area contributed by atoms with Crippen molar-refractivity contribution < 1.29 is 28.2 Å². The molecule has 1 aromatic heterocycles. The lowest BCUT2D eigenvalue weighted by Crippen LogP contribution is -2.47. The van der Waals surface area contributed by atoms with Crippen LogP contribution in [0.25, 0.3) is 0 Å². The van der Waals surface area contributed by atoms with E-state index in [0.717, 1.165) is 18.2 Å². The first-order valence-electron chi connectivity index (χ1n) is 12.8. The van der Waals surface area contributed by atoms with Crippen LogP contribution in [0.2, 0.25) is 0 Å². The van der Waals surface area contributed by atoms with Gasteiger partial charge in [-0.05, 0) is 49.3 Å². The Kier molecular flexibility index (Phi) is 6.93. The van der Waals surface area contributed by atoms with Gasteiger partial charge in [-0.25, -0.2) is 18.7 Å². The fraction of sp³-hybridized carbons (Fsp3) is 0.520. The van der Waals surface area contributed by atoms with Crippen LogP contribution in [0, 0.1) is 23.5 Å². The molecule has 38 heavy (non-hydrogen) atoms. The monoisotopic (exact) mass is 546 g/mol. The van der Waals surface area contributed by atoms with Crippen molar-refractivity contribution in [3.8, 4) is 0 Å². The number of fused-ring (bicyclic) bond motifs is 1. The molecule has 202 valence electrons. The van der Waals surface area contributed by atoms with Crippen LogP contribution < -0.4 is 21.3 Å². The van der Waals surface area contributed by atoms with Gasteiger partial charge in [-0.1, -0.05) is 17.8 Å². The summed E-state index contributed by atoms with van der Waals surface area (Å²) in [6.45, 7) is 0.0165. The molecule has 3 aliphatic carbocycles. The standard InChI is InChI=1S/C25H28F2N6O4S/c26-16-4-3-13(7-17(16)27)15-9-18(15)28-23-20-24(30-25(29-23)38-11-12-1-2-12)33(32-31-20)19-8-14(10-37-6-5-34)21(35)22(19)36/h3-4,7,12,14-15,18-19,31-32,34H,1-2,5-6,8-11H2,(H,28,29,30)/t14?,15-,18+,19?/m0/s1. The van der Waals surface area contributed by atoms with Gasteiger partial charge >= 0.3 is 0 Å². The van der Waals surface area contributed by atoms with Crippen molar-refractivity contribution in [1.29, 1.82) is 0 Å². The van der Waals surface area contributed by atoms with Crippen LogP contribution in [0.1, 0.15) is 37.2 Å². The number of carbonyl (C=O) groups is 2. The Balaban J connectivity index is 1.23. The summed E-state index contributed by atoms with van der Waals surface area (Å²) < 4.78 is 32.5. The van der Waals surface area contributed by atoms with E-state index in [0.29, 0.717) is 34.0 Å². The number of hydrogen-bond donors (Lipinski definition) is 4. The molecule has 3 fully saturated rings. The molecule has 4 N–H and O–H groups in total. The van der Waals surface area contributed by atoms with Crippen molar-refractivity contribution in [2.45, 2.75) is 48.8 Å². The third-order valence-electron chi connectivity index (χ3n) is 7.32. The zero-order chi connectivity index (χ0) is 26.4. The Hall–Kier alpha value is -2.87. The molecule has 0 saturated heterocycles. The number of aliphatic hydroxyl groups is 1. The summed E-state index contributed by atoms with van der Waals surface area (Å²) in [6.07, 6.45) is 3.37. The number of ketones is 2. The van der Waals surface area contributed by atoms with Gasteiger partial charge in [0.1, 0.15) is 11.7 Å². The van der Waals surface area contributed by atoms with Crippen molar-refractivity contribution in [3.63, 3.8) is 0 Å². The number of nitrogens with one attached hydrogen (secondary N) is 3. The zero-order valence-electron chi connectivity index (χ0n) is 20.5. The number of hydrogen-bond acceptors (Lipinski definition) is 11. The van der Waals surface area contributed by atoms with Crippen LogP contribution in [0.15, 0.2) is 23.4 Å². The highest BCUT2D eigenvalue weighted by Gasteiger charge is 2.47. The summed E-state index contributed by atoms with van der Waals surface area (Å²) in [4.78, 5) is 34.9. The second kappa shape index (κ2) is 10.4. The maximum atomic E-state index is 13.8. The van der Waals surface area contributed by atoms with Crippen LogP contribution in [0.4, 0.5) is 26.1 Å². The van der Waals surface area contributed by atoms with Gasteiger partial charge in [0.25, 0.3) is 0 Å². The van der Waals surface area contributed by atoms with Crippen LogP contribution in [-0.2, 0) is 14.3 Å². The fourth-order valence-corrected chi connectivity index (χ4v) is 5.93. The topological polar surface area (TPSA) is 129 Å². The summed E-state index contributed by atoms with van der Waals surface area (Å²) in [6, 6.07) is 3.17. The first-order valence-corrected chi connectivity index (χ1v) is 13.8. The molecular weight excluding hydrogens is 518 g/mol. The van der Waals surface area contributed by atoms with E-state index in [2.05, 4.69) is 16.3 Å². The fourth-order valence-electron chi connectivity index (χ4n) is 4.91. The smallest absolute Gasteiger partial charge is 0.222 e. The molecule has 10 nitrogen and oxygen atoms in total. The second-order valence-corrected chi connectivity index (χ2v) is 11.1. The highest BCUT2D eigenvalue weighted by Crippen LogP contribution is 2.46. The summed E-state index contributed by atoms with van der Waals surface area (Å²) in [5.74, 6) is -0.784. The van der Waals surface area contributed by atoms with E-state index in [4.69, 9.17) is 19.8 Å². The minimum absolute atomic E-state index is 0.0115. The number of halogens is 2. The third kappa shape index (κ3) is 5.07. The van der Waals surface area contributed by atoms with Gasteiger partial charge in [0.15, 0.2) is 28.4 Å². The summed E-state index contributed by atoms with van der Waals surface area (Å²) >= 11 is 1.55. The van der Waals surface area contributed by atoms with Gasteiger partial charge in [0.05, 0.1) is 25.7 Å². The number of carbonyl (C=O) groups excluding carboxylic acids is 2. The van der Waals surface area contributed by atoms with Gasteiger partial charge in [-0.2, -0.15) is 0 Å². The number of ether oxygens (including phenoxy) is 1. The number of aromatic nitrogens is 2. The molecule has 0 spiro atoms. The lowest BCUT2D eigenvalue weighted by molar-refractivity contribution is -0.137. The van der Waals surface area contributed by atoms with Gasteiger partial charge in [-0.15, -0.1) is 5.53 Å². The number of aliphatic hydroxyl groups excluding tert-OH is 1. The van der Waals surface area contributed by atoms with Crippen molar-refractivity contribution in [2.24, 2.45) is 11.8 Å². The molecule has 1 aliphatic heterocycles. The van der Waals surface area contributed by atoms with Gasteiger partial charge in [0.2, 0.25) is 11.6 Å². The van der Waals surface area contributed by atoms with Crippen LogP contribution >= 0.6 is 11.8 Å². The maximum absolute atomic E-state index is 13.8. The highest BCUT2D eigenvalue weighted by molar-refractivity contribution is 7.99. The number of anilines is 3. The molecule has 2 aromatic rings. The second-order valence-electron chi connectivity index (χ2n) is 10.2. The molecule has 2 unspecified atom stereocenters. The van der Waals surface area contributed by atoms with E-state index in [-0.39, 0.29) is 38.2 Å². The molecule has 0 bridgehead atoms. The number of benzene rings is 1. The average molecular weight is 547 g/mol. The zero-order valence-corrected chi connectivity index (χ0v) is 21.3. The molecule has 2 heterocycles. The maximum Gasteiger partial charge on any atom is 0.222 e. The normalized spacial score (nSPS) is 26.0. The van der Waals surface area contributed by atoms with Crippen LogP contribution in [-0.4, -0.2) is 64.3 Å². The first kappa shape index (κ1) is 25.4. The minimum Gasteiger partial charge on any atom is -0.394 e. The molecule has 6 rings (SSSR count). The average Bonchev–Trinajstić information content (AvgIpc) is 3.82. The van der Waals surface area contributed by atoms with Gasteiger partial charge in [-0.3, -0.25) is 20.0 Å². The van der Waals surface area contributed by atoms with Gasteiger partial charge < -0.3 is 15.2 Å². The van der Waals surface area contributed by atoms with Crippen molar-refractivity contribution in [3.05, 3.63) is 35.4 Å². The predicted octanol–water partition coefficient (Wildman–Crippen LogP) is 2.41. The lowest BCUT2D eigenvalue weighted by Gasteiger charge is -2.23. The highest BCUT2D eigenvalue weighted by atomic mass is 32.2. The SMILES string of the molecule is O=C1C(=O)C(N2NNc3c(N[C@@H]4C[C@H]4c4ccc(F)c(F)c4)nc(SCC4CC4)nc32)CC1COCCO. The first-order chi connectivity index (χ1) is 18.4. The largest absolute Gasteiger partial charge is 0.394 e. The summed E-state index contributed by atoms with van der Waals surface area (Å²) in [5.41, 5.74) is 7.30. The van der Waals surface area contributed by atoms with Crippen molar-refractivity contribution in [1.82, 2.24) is 15.5 Å². The Morgan fingerprint density at radius 3 is 2.76 bits per heavy atom. The van der Waals surface area contributed by atoms with E-state index >= 15 is 0 Å². The predicted molar refractivity (Wildman–Crippen MR) is 136 cm³/mol. The minimum atomic E-state index is -0.873. The number of rotatable bonds is 11. The summed E-state index contributed by atoms with van der Waals surface area (Å²) in [7, 11) is 0. The van der Waals surface area contributed by atoms with Crippen molar-refractivity contribution >= 4 is 40.7 Å². The molecule has 13 heteroatoms. The van der Waals surface area contributed by atoms with Crippen LogP contribution in [0.5, 0.6) is 0 Å². The molecule has 4 atom stereocenters. The van der Waals surface area contributed by atoms with E-state index in [1.807, 2.05) is 0 Å². The quantitative estimate of drug-likeness (QED) is 0.144. The van der Waals surface area contributed by atoms with Crippen LogP contribution in [0.3, 0.4) is 0 Å². The van der Waals surface area contributed by atoms with E-state index < -0.39 is 35.2 Å². The number of thioether (sulfide) groups is 1. The third-order valence-corrected chi connectivity index (χ3v) is 8.40. The molecule has 3 saturated carbocycles. The lowest BCUT2D eigenvalue weighted by atomic mass is 10.1. The Labute approximate surface area is 221 Å². The number of hydrazine groups is 2. The van der Waals surface area contributed by atoms with E-state index in [9.17, 15) is 18.4 Å². The van der Waals surface area contributed by atoms with E-state index in [1.165, 1.54) is 18.9 Å². The molecule has 0 amide bonds. The Morgan fingerprint density at radius 1 is 1.16 bits per heavy atom. The van der Waals surface area contributed by atoms with Gasteiger partial charge in [0, 0.05) is 17.7 Å². The Morgan fingerprint density at radius 2 is 2.00 bits per heavy atom. The molecule has 0 radical (unpaired) electrons. The molecule has 1 aromatic carbocycles. The molecule has 4 aliphatic rings. The number of nitrogens with zero attached hydrogens (tertiary/aromatic N) is 3. The molecular formula is C25H28F2N6O4S. The Bertz CT molecular complexity index is 1260. The van der Waals surface area contributed by atoms with E-state index in [1.54, 1.807) is 22.8 Å². The summed E-state index contributed by atoms with van der Waals surface area (Å²) in [5, 5.41) is 14.5. The van der Waals surface area contributed by atoms with Crippen molar-refractivity contribution in [2.75, 3.05) is 41.3 Å². The number of Topliss-reactive ketones (excluding diaryl/α,β-unsaturated/α-hetero) is 2.